The molecule has 1 aliphatic heterocycles. The molecular weight excluding hydrogens is 408 g/mol. The number of hydrogen-bond acceptors (Lipinski definition) is 7. The molecule has 1 amide bonds. The van der Waals surface area contributed by atoms with Crippen molar-refractivity contribution < 1.29 is 9.53 Å². The Balaban J connectivity index is 1.34. The van der Waals surface area contributed by atoms with E-state index in [0.717, 1.165) is 22.8 Å². The molecule has 0 N–H and O–H groups in total. The smallest absolute Gasteiger partial charge is 0.267 e. The van der Waals surface area contributed by atoms with Gasteiger partial charge >= 0.3 is 0 Å². The molecule has 0 atom stereocenters. The molecule has 1 saturated heterocycles. The third-order valence-corrected chi connectivity index (χ3v) is 5.35. The first-order valence-electron chi connectivity index (χ1n) is 10.7. The number of hydrogen-bond donors (Lipinski definition) is 0. The van der Waals surface area contributed by atoms with Crippen LogP contribution in [0.5, 0.6) is 5.75 Å². The quantitative estimate of drug-likeness (QED) is 0.584. The highest BCUT2D eigenvalue weighted by molar-refractivity contribution is 5.76. The molecule has 3 aromatic rings. The van der Waals surface area contributed by atoms with E-state index in [1.54, 1.807) is 17.9 Å². The number of carbonyl (C=O) groups excluding carboxylic acids is 1. The van der Waals surface area contributed by atoms with E-state index < -0.39 is 0 Å². The van der Waals surface area contributed by atoms with E-state index in [4.69, 9.17) is 4.74 Å². The predicted octanol–water partition coefficient (Wildman–Crippen LogP) is 1.76. The van der Waals surface area contributed by atoms with Crippen LogP contribution >= 0.6 is 0 Å². The van der Waals surface area contributed by atoms with Gasteiger partial charge in [-0.05, 0) is 56.3 Å². The number of rotatable bonds is 6. The van der Waals surface area contributed by atoms with Crippen LogP contribution in [0.25, 0.3) is 11.3 Å². The lowest BCUT2D eigenvalue weighted by Gasteiger charge is -2.35. The first kappa shape index (κ1) is 21.5. The lowest BCUT2D eigenvalue weighted by atomic mass is 10.1. The van der Waals surface area contributed by atoms with Crippen LogP contribution in [-0.4, -0.2) is 63.6 Å². The highest BCUT2D eigenvalue weighted by atomic mass is 16.5. The average Bonchev–Trinajstić information content (AvgIpc) is 2.82. The van der Waals surface area contributed by atoms with Crippen LogP contribution in [-0.2, 0) is 11.3 Å². The highest BCUT2D eigenvalue weighted by Crippen LogP contribution is 2.22. The van der Waals surface area contributed by atoms with Crippen molar-refractivity contribution in [2.45, 2.75) is 20.4 Å². The summed E-state index contributed by atoms with van der Waals surface area (Å²) in [5.74, 6) is 1.50. The molecule has 0 saturated carbocycles. The predicted molar refractivity (Wildman–Crippen MR) is 121 cm³/mol. The Hall–Kier alpha value is -3.75. The van der Waals surface area contributed by atoms with Gasteiger partial charge in [0.1, 0.15) is 12.3 Å². The van der Waals surface area contributed by atoms with Gasteiger partial charge in [0.25, 0.3) is 5.56 Å². The maximum absolute atomic E-state index is 12.6. The fourth-order valence-corrected chi connectivity index (χ4v) is 3.61. The maximum atomic E-state index is 12.6. The fourth-order valence-electron chi connectivity index (χ4n) is 3.61. The second-order valence-electron chi connectivity index (χ2n) is 7.57. The van der Waals surface area contributed by atoms with E-state index in [0.29, 0.717) is 38.5 Å². The molecule has 0 bridgehead atoms. The number of aryl methyl sites for hydroxylation is 1. The van der Waals surface area contributed by atoms with Gasteiger partial charge in [0.05, 0.1) is 18.0 Å². The zero-order chi connectivity index (χ0) is 22.5. The molecule has 166 valence electrons. The Labute approximate surface area is 186 Å². The summed E-state index contributed by atoms with van der Waals surface area (Å²) in [5.41, 5.74) is 2.20. The first-order valence-corrected chi connectivity index (χ1v) is 10.7. The van der Waals surface area contributed by atoms with Gasteiger partial charge in [-0.25, -0.2) is 4.68 Å². The Morgan fingerprint density at radius 3 is 2.38 bits per heavy atom. The van der Waals surface area contributed by atoms with Crippen LogP contribution in [0.1, 0.15) is 12.6 Å². The molecule has 9 nitrogen and oxygen atoms in total. The van der Waals surface area contributed by atoms with Crippen LogP contribution in [0, 0.1) is 6.92 Å². The molecule has 2 aromatic heterocycles. The average molecular weight is 435 g/mol. The summed E-state index contributed by atoms with van der Waals surface area (Å²) < 4.78 is 6.69. The first-order chi connectivity index (χ1) is 15.5. The molecule has 0 unspecified atom stereocenters. The van der Waals surface area contributed by atoms with Crippen molar-refractivity contribution in [2.24, 2.45) is 0 Å². The Bertz CT molecular complexity index is 1120. The minimum absolute atomic E-state index is 0.0445. The van der Waals surface area contributed by atoms with Crippen LogP contribution in [0.2, 0.25) is 0 Å². The number of ether oxygens (including phenoxy) is 1. The van der Waals surface area contributed by atoms with Gasteiger partial charge in [-0.2, -0.15) is 5.10 Å². The molecule has 32 heavy (non-hydrogen) atoms. The van der Waals surface area contributed by atoms with Crippen LogP contribution in [0.15, 0.2) is 53.3 Å². The summed E-state index contributed by atoms with van der Waals surface area (Å²) in [6.45, 7) is 6.75. The zero-order valence-electron chi connectivity index (χ0n) is 18.3. The number of amides is 1. The summed E-state index contributed by atoms with van der Waals surface area (Å²) >= 11 is 0. The van der Waals surface area contributed by atoms with Crippen molar-refractivity contribution in [3.8, 4) is 17.0 Å². The number of carbonyl (C=O) groups is 1. The molecule has 1 aromatic carbocycles. The minimum atomic E-state index is -0.273. The van der Waals surface area contributed by atoms with Crippen molar-refractivity contribution in [3.63, 3.8) is 0 Å². The summed E-state index contributed by atoms with van der Waals surface area (Å²) in [6.07, 6.45) is 0. The number of aromatic nitrogens is 4. The van der Waals surface area contributed by atoms with Crippen LogP contribution in [0.3, 0.4) is 0 Å². The number of nitrogens with zero attached hydrogens (tertiary/aromatic N) is 6. The SMILES string of the molecule is CCOc1ccc(-c2ccc(N3CCN(C(=O)Cn4nc(C)ccc4=O)CC3)nn2)cc1. The normalized spacial score (nSPS) is 13.8. The van der Waals surface area contributed by atoms with E-state index in [9.17, 15) is 9.59 Å². The lowest BCUT2D eigenvalue weighted by molar-refractivity contribution is -0.132. The van der Waals surface area contributed by atoms with Gasteiger partial charge in [0.15, 0.2) is 5.82 Å². The van der Waals surface area contributed by atoms with Crippen molar-refractivity contribution >= 4 is 11.7 Å². The molecule has 1 fully saturated rings. The second kappa shape index (κ2) is 9.59. The number of benzene rings is 1. The largest absolute Gasteiger partial charge is 0.494 e. The van der Waals surface area contributed by atoms with E-state index >= 15 is 0 Å². The summed E-state index contributed by atoms with van der Waals surface area (Å²) in [6, 6.07) is 14.8. The fraction of sp³-hybridized carbons (Fsp3) is 0.348. The van der Waals surface area contributed by atoms with Crippen molar-refractivity contribution in [1.82, 2.24) is 24.9 Å². The van der Waals surface area contributed by atoms with Crippen molar-refractivity contribution in [2.75, 3.05) is 37.7 Å². The maximum Gasteiger partial charge on any atom is 0.267 e. The number of anilines is 1. The van der Waals surface area contributed by atoms with Gasteiger partial charge < -0.3 is 14.5 Å². The van der Waals surface area contributed by atoms with Gasteiger partial charge in [-0.15, -0.1) is 10.2 Å². The summed E-state index contributed by atoms with van der Waals surface area (Å²) in [7, 11) is 0. The van der Waals surface area contributed by atoms with Gasteiger partial charge in [0.2, 0.25) is 5.91 Å². The van der Waals surface area contributed by atoms with Crippen LogP contribution < -0.4 is 15.2 Å². The Kier molecular flexibility index (Phi) is 6.44. The monoisotopic (exact) mass is 434 g/mol. The molecular formula is C23H26N6O3. The standard InChI is InChI=1S/C23H26N6O3/c1-3-32-19-7-5-18(6-8-19)20-9-10-21(25-24-20)27-12-14-28(15-13-27)23(31)16-29-22(30)11-4-17(2)26-29/h4-11H,3,12-16H2,1-2H3. The van der Waals surface area contributed by atoms with Crippen molar-refractivity contribution in [1.29, 1.82) is 0 Å². The van der Waals surface area contributed by atoms with Crippen molar-refractivity contribution in [3.05, 3.63) is 64.6 Å². The van der Waals surface area contributed by atoms with Gasteiger partial charge in [-0.3, -0.25) is 9.59 Å². The zero-order valence-corrected chi connectivity index (χ0v) is 18.3. The van der Waals surface area contributed by atoms with E-state index in [1.807, 2.05) is 43.3 Å². The number of piperazine rings is 1. The topological polar surface area (TPSA) is 93.5 Å². The molecule has 0 aliphatic carbocycles. The van der Waals surface area contributed by atoms with Gasteiger partial charge in [0, 0.05) is 37.8 Å². The summed E-state index contributed by atoms with van der Waals surface area (Å²) in [4.78, 5) is 28.4. The Morgan fingerprint density at radius 2 is 1.72 bits per heavy atom. The molecule has 0 radical (unpaired) electrons. The molecule has 4 rings (SSSR count). The Morgan fingerprint density at radius 1 is 0.969 bits per heavy atom. The van der Waals surface area contributed by atoms with Crippen LogP contribution in [0.4, 0.5) is 5.82 Å². The van der Waals surface area contributed by atoms with E-state index in [2.05, 4.69) is 20.2 Å². The molecule has 3 heterocycles. The molecule has 1 aliphatic rings. The lowest BCUT2D eigenvalue weighted by Crippen LogP contribution is -2.50. The van der Waals surface area contributed by atoms with Gasteiger partial charge in [-0.1, -0.05) is 0 Å². The third kappa shape index (κ3) is 4.93. The highest BCUT2D eigenvalue weighted by Gasteiger charge is 2.23. The molecule has 0 spiro atoms. The molecule has 9 heteroatoms. The van der Waals surface area contributed by atoms with E-state index in [1.165, 1.54) is 10.7 Å². The summed E-state index contributed by atoms with van der Waals surface area (Å²) in [5, 5.41) is 12.9. The minimum Gasteiger partial charge on any atom is -0.494 e. The third-order valence-electron chi connectivity index (χ3n) is 5.35. The second-order valence-corrected chi connectivity index (χ2v) is 7.57. The van der Waals surface area contributed by atoms with E-state index in [-0.39, 0.29) is 18.0 Å².